The second-order valence-corrected chi connectivity index (χ2v) is 3.36. The molecule has 3 nitrogen and oxygen atoms in total. The monoisotopic (exact) mass is 172 g/mol. The predicted molar refractivity (Wildman–Crippen MR) is 46.9 cm³/mol. The van der Waals surface area contributed by atoms with E-state index in [4.69, 9.17) is 9.47 Å². The lowest BCUT2D eigenvalue weighted by Crippen LogP contribution is -2.33. The van der Waals surface area contributed by atoms with Crippen molar-refractivity contribution in [2.45, 2.75) is 26.4 Å². The van der Waals surface area contributed by atoms with Crippen molar-refractivity contribution >= 4 is 5.97 Å². The number of carbonyl (C=O) groups is 1. The van der Waals surface area contributed by atoms with E-state index in [2.05, 4.69) is 6.58 Å². The minimum Gasteiger partial charge on any atom is -0.454 e. The van der Waals surface area contributed by atoms with Crippen LogP contribution in [0.25, 0.3) is 0 Å². The van der Waals surface area contributed by atoms with Gasteiger partial charge >= 0.3 is 5.97 Å². The summed E-state index contributed by atoms with van der Waals surface area (Å²) in [5.74, 6) is -0.378. The molecule has 0 spiro atoms. The maximum atomic E-state index is 11.1. The molecule has 0 aliphatic rings. The van der Waals surface area contributed by atoms with Gasteiger partial charge in [0.1, 0.15) is 5.60 Å². The van der Waals surface area contributed by atoms with Crippen LogP contribution >= 0.6 is 0 Å². The van der Waals surface area contributed by atoms with Crippen molar-refractivity contribution < 1.29 is 14.3 Å². The minimum atomic E-state index is -0.579. The Bertz CT molecular complexity index is 182. The van der Waals surface area contributed by atoms with Crippen molar-refractivity contribution in [2.75, 3.05) is 13.7 Å². The molecule has 0 saturated carbocycles. The van der Waals surface area contributed by atoms with Crippen LogP contribution < -0.4 is 0 Å². The quantitative estimate of drug-likeness (QED) is 0.476. The molecule has 0 aliphatic heterocycles. The van der Waals surface area contributed by atoms with E-state index in [9.17, 15) is 4.79 Å². The van der Waals surface area contributed by atoms with Crippen molar-refractivity contribution in [1.29, 1.82) is 0 Å². The molecule has 0 radical (unpaired) electrons. The first-order valence-electron chi connectivity index (χ1n) is 3.77. The standard InChI is InChI=1S/C9H16O3/c1-7(2)8(10)12-9(3,4)6-11-5/h1,6H2,2-5H3. The molecule has 0 atom stereocenters. The van der Waals surface area contributed by atoms with E-state index < -0.39 is 5.60 Å². The molecule has 0 aliphatic carbocycles. The number of hydrogen-bond acceptors (Lipinski definition) is 3. The van der Waals surface area contributed by atoms with Gasteiger partial charge in [0, 0.05) is 12.7 Å². The Balaban J connectivity index is 4.05. The average Bonchev–Trinajstić information content (AvgIpc) is 1.85. The predicted octanol–water partition coefficient (Wildman–Crippen LogP) is 1.53. The topological polar surface area (TPSA) is 35.5 Å². The highest BCUT2D eigenvalue weighted by molar-refractivity contribution is 5.87. The van der Waals surface area contributed by atoms with Crippen LogP contribution in [0.2, 0.25) is 0 Å². The lowest BCUT2D eigenvalue weighted by Gasteiger charge is -2.23. The van der Waals surface area contributed by atoms with Crippen LogP contribution in [-0.2, 0) is 14.3 Å². The molecule has 3 heteroatoms. The van der Waals surface area contributed by atoms with Crippen LogP contribution in [0.15, 0.2) is 12.2 Å². The summed E-state index contributed by atoms with van der Waals surface area (Å²) in [6, 6.07) is 0. The number of ether oxygens (including phenoxy) is 2. The van der Waals surface area contributed by atoms with E-state index in [0.717, 1.165) is 0 Å². The fraction of sp³-hybridized carbons (Fsp3) is 0.667. The molecular formula is C9H16O3. The van der Waals surface area contributed by atoms with Gasteiger partial charge in [-0.25, -0.2) is 4.79 Å². The summed E-state index contributed by atoms with van der Waals surface area (Å²) in [4.78, 5) is 11.1. The Labute approximate surface area is 73.4 Å². The van der Waals surface area contributed by atoms with Gasteiger partial charge in [-0.2, -0.15) is 0 Å². The third kappa shape index (κ3) is 4.13. The molecular weight excluding hydrogens is 156 g/mol. The van der Waals surface area contributed by atoms with Crippen LogP contribution in [0, 0.1) is 0 Å². The lowest BCUT2D eigenvalue weighted by atomic mass is 10.1. The Morgan fingerprint density at radius 3 is 2.33 bits per heavy atom. The van der Waals surface area contributed by atoms with E-state index in [1.807, 2.05) is 0 Å². The Morgan fingerprint density at radius 2 is 2.00 bits per heavy atom. The largest absolute Gasteiger partial charge is 0.454 e. The number of carbonyl (C=O) groups excluding carboxylic acids is 1. The van der Waals surface area contributed by atoms with Crippen LogP contribution in [-0.4, -0.2) is 25.3 Å². The molecule has 12 heavy (non-hydrogen) atoms. The van der Waals surface area contributed by atoms with E-state index in [0.29, 0.717) is 12.2 Å². The number of methoxy groups -OCH3 is 1. The maximum Gasteiger partial charge on any atom is 0.333 e. The van der Waals surface area contributed by atoms with Gasteiger partial charge in [0.15, 0.2) is 0 Å². The molecule has 0 N–H and O–H groups in total. The molecule has 0 aromatic rings. The molecule has 0 bridgehead atoms. The van der Waals surface area contributed by atoms with Crippen molar-refractivity contribution in [1.82, 2.24) is 0 Å². The van der Waals surface area contributed by atoms with E-state index in [1.54, 1.807) is 27.9 Å². The molecule has 0 aromatic heterocycles. The first kappa shape index (κ1) is 11.2. The highest BCUT2D eigenvalue weighted by atomic mass is 16.6. The highest BCUT2D eigenvalue weighted by Gasteiger charge is 2.22. The maximum absolute atomic E-state index is 11.1. The molecule has 0 amide bonds. The number of hydrogen-bond donors (Lipinski definition) is 0. The Kier molecular flexibility index (Phi) is 3.96. The SMILES string of the molecule is C=C(C)C(=O)OC(C)(C)COC. The minimum absolute atomic E-state index is 0.378. The van der Waals surface area contributed by atoms with Crippen molar-refractivity contribution in [3.63, 3.8) is 0 Å². The van der Waals surface area contributed by atoms with Gasteiger partial charge in [0.25, 0.3) is 0 Å². The van der Waals surface area contributed by atoms with Crippen LogP contribution in [0.5, 0.6) is 0 Å². The average molecular weight is 172 g/mol. The van der Waals surface area contributed by atoms with Gasteiger partial charge in [-0.05, 0) is 20.8 Å². The highest BCUT2D eigenvalue weighted by Crippen LogP contribution is 2.11. The molecule has 0 rings (SSSR count). The summed E-state index contributed by atoms with van der Waals surface area (Å²) in [6.07, 6.45) is 0. The normalized spacial score (nSPS) is 11.0. The Hall–Kier alpha value is -0.830. The lowest BCUT2D eigenvalue weighted by molar-refractivity contribution is -0.155. The molecule has 70 valence electrons. The molecule has 0 fully saturated rings. The zero-order chi connectivity index (χ0) is 9.78. The van der Waals surface area contributed by atoms with Gasteiger partial charge < -0.3 is 9.47 Å². The Morgan fingerprint density at radius 1 is 1.50 bits per heavy atom. The second-order valence-electron chi connectivity index (χ2n) is 3.36. The second kappa shape index (κ2) is 4.26. The van der Waals surface area contributed by atoms with E-state index in [1.165, 1.54) is 0 Å². The van der Waals surface area contributed by atoms with Crippen LogP contribution in [0.3, 0.4) is 0 Å². The van der Waals surface area contributed by atoms with Crippen molar-refractivity contribution in [3.8, 4) is 0 Å². The first-order chi connectivity index (χ1) is 5.39. The van der Waals surface area contributed by atoms with Crippen molar-refractivity contribution in [3.05, 3.63) is 12.2 Å². The first-order valence-corrected chi connectivity index (χ1v) is 3.77. The number of rotatable bonds is 4. The third-order valence-corrected chi connectivity index (χ3v) is 1.21. The summed E-state index contributed by atoms with van der Waals surface area (Å²) in [6.45, 7) is 9.06. The van der Waals surface area contributed by atoms with Crippen LogP contribution in [0.4, 0.5) is 0 Å². The van der Waals surface area contributed by atoms with Gasteiger partial charge in [0.05, 0.1) is 6.61 Å². The van der Waals surface area contributed by atoms with E-state index >= 15 is 0 Å². The summed E-state index contributed by atoms with van der Waals surface area (Å²) in [5.41, 5.74) is -0.177. The summed E-state index contributed by atoms with van der Waals surface area (Å²) >= 11 is 0. The van der Waals surface area contributed by atoms with Gasteiger partial charge in [0.2, 0.25) is 0 Å². The zero-order valence-corrected chi connectivity index (χ0v) is 8.14. The van der Waals surface area contributed by atoms with E-state index in [-0.39, 0.29) is 5.97 Å². The molecule has 0 heterocycles. The molecule has 0 unspecified atom stereocenters. The zero-order valence-electron chi connectivity index (χ0n) is 8.14. The van der Waals surface area contributed by atoms with Gasteiger partial charge in [-0.15, -0.1) is 0 Å². The van der Waals surface area contributed by atoms with Crippen LogP contribution in [0.1, 0.15) is 20.8 Å². The molecule has 0 aromatic carbocycles. The molecule has 0 saturated heterocycles. The summed E-state index contributed by atoms with van der Waals surface area (Å²) < 4.78 is 9.96. The van der Waals surface area contributed by atoms with Gasteiger partial charge in [-0.1, -0.05) is 6.58 Å². The summed E-state index contributed by atoms with van der Waals surface area (Å²) in [7, 11) is 1.57. The fourth-order valence-corrected chi connectivity index (χ4v) is 0.715. The van der Waals surface area contributed by atoms with Crippen molar-refractivity contribution in [2.24, 2.45) is 0 Å². The third-order valence-electron chi connectivity index (χ3n) is 1.21. The number of esters is 1. The fourth-order valence-electron chi connectivity index (χ4n) is 0.715. The van der Waals surface area contributed by atoms with Gasteiger partial charge in [-0.3, -0.25) is 0 Å². The smallest absolute Gasteiger partial charge is 0.333 e. The summed E-state index contributed by atoms with van der Waals surface area (Å²) in [5, 5.41) is 0.